The van der Waals surface area contributed by atoms with Crippen molar-refractivity contribution in [3.05, 3.63) is 12.7 Å². The minimum atomic E-state index is -1.04. The van der Waals surface area contributed by atoms with Gasteiger partial charge in [0.25, 0.3) is 0 Å². The predicted octanol–water partition coefficient (Wildman–Crippen LogP) is 3.05. The third-order valence-corrected chi connectivity index (χ3v) is 3.34. The molecule has 1 unspecified atom stereocenters. The molecule has 1 atom stereocenters. The van der Waals surface area contributed by atoms with E-state index >= 15 is 0 Å². The molecule has 116 valence electrons. The van der Waals surface area contributed by atoms with Gasteiger partial charge in [-0.1, -0.05) is 6.08 Å². The minimum Gasteiger partial charge on any atom is -0.480 e. The third-order valence-electron chi connectivity index (χ3n) is 2.24. The van der Waals surface area contributed by atoms with Gasteiger partial charge >= 0.3 is 12.1 Å². The van der Waals surface area contributed by atoms with Gasteiger partial charge in [-0.15, -0.1) is 6.58 Å². The van der Waals surface area contributed by atoms with E-state index < -0.39 is 23.7 Å². The molecular weight excluding hydrogens is 278 g/mol. The average molecular weight is 303 g/mol. The molecule has 0 aromatic rings. The zero-order chi connectivity index (χ0) is 15.6. The number of carboxylic acid groups (broad SMARTS) is 1. The number of thioether (sulfide) groups is 1. The number of hydrogen-bond acceptors (Lipinski definition) is 4. The molecule has 0 radical (unpaired) electrons. The van der Waals surface area contributed by atoms with Crippen LogP contribution in [0.3, 0.4) is 0 Å². The van der Waals surface area contributed by atoms with Crippen LogP contribution in [0.25, 0.3) is 0 Å². The molecule has 0 bridgehead atoms. The van der Waals surface area contributed by atoms with Crippen molar-refractivity contribution in [1.29, 1.82) is 0 Å². The van der Waals surface area contributed by atoms with Gasteiger partial charge in [0, 0.05) is 0 Å². The van der Waals surface area contributed by atoms with Crippen molar-refractivity contribution in [1.82, 2.24) is 5.32 Å². The first kappa shape index (κ1) is 18.8. The number of carbonyl (C=O) groups excluding carboxylic acids is 1. The van der Waals surface area contributed by atoms with Gasteiger partial charge in [-0.25, -0.2) is 9.59 Å². The molecule has 0 aromatic carbocycles. The summed E-state index contributed by atoms with van der Waals surface area (Å²) in [5.74, 6) is 0.608. The number of ether oxygens (including phenoxy) is 1. The summed E-state index contributed by atoms with van der Waals surface area (Å²) in [4.78, 5) is 22.6. The number of allylic oxidation sites excluding steroid dienone is 1. The highest BCUT2D eigenvalue weighted by Crippen LogP contribution is 2.10. The van der Waals surface area contributed by atoms with Crippen LogP contribution in [0.15, 0.2) is 12.7 Å². The lowest BCUT2D eigenvalue weighted by atomic mass is 10.2. The molecule has 0 aliphatic heterocycles. The SMILES string of the molecule is C=CCCCSCCC(NC(=O)OC(C)(C)C)C(=O)O. The lowest BCUT2D eigenvalue weighted by molar-refractivity contribution is -0.139. The van der Waals surface area contributed by atoms with E-state index in [2.05, 4.69) is 11.9 Å². The quantitative estimate of drug-likeness (QED) is 0.506. The molecule has 6 heteroatoms. The number of amides is 1. The normalized spacial score (nSPS) is 12.6. The minimum absolute atomic E-state index is 0.382. The number of nitrogens with one attached hydrogen (secondary N) is 1. The van der Waals surface area contributed by atoms with Crippen molar-refractivity contribution in [2.75, 3.05) is 11.5 Å². The van der Waals surface area contributed by atoms with E-state index in [9.17, 15) is 9.59 Å². The van der Waals surface area contributed by atoms with Crippen LogP contribution in [0.2, 0.25) is 0 Å². The molecule has 0 spiro atoms. The average Bonchev–Trinajstić information content (AvgIpc) is 2.29. The van der Waals surface area contributed by atoms with Crippen LogP contribution in [0.5, 0.6) is 0 Å². The molecule has 0 heterocycles. The number of hydrogen-bond donors (Lipinski definition) is 2. The first-order valence-electron chi connectivity index (χ1n) is 6.67. The largest absolute Gasteiger partial charge is 0.480 e. The van der Waals surface area contributed by atoms with Gasteiger partial charge in [0.2, 0.25) is 0 Å². The Kier molecular flexibility index (Phi) is 9.12. The topological polar surface area (TPSA) is 75.6 Å². The summed E-state index contributed by atoms with van der Waals surface area (Å²) in [6.07, 6.45) is 3.55. The zero-order valence-corrected chi connectivity index (χ0v) is 13.3. The second kappa shape index (κ2) is 9.69. The molecule has 5 nitrogen and oxygen atoms in total. The molecule has 0 aliphatic rings. The van der Waals surface area contributed by atoms with Crippen LogP contribution in [0.4, 0.5) is 4.79 Å². The molecule has 0 saturated heterocycles. The van der Waals surface area contributed by atoms with Crippen LogP contribution in [0, 0.1) is 0 Å². The van der Waals surface area contributed by atoms with Crippen LogP contribution in [0.1, 0.15) is 40.0 Å². The number of carboxylic acids is 1. The fourth-order valence-corrected chi connectivity index (χ4v) is 2.32. The Morgan fingerprint density at radius 2 is 2.05 bits per heavy atom. The Morgan fingerprint density at radius 1 is 1.40 bits per heavy atom. The molecule has 0 aromatic heterocycles. The predicted molar refractivity (Wildman–Crippen MR) is 82.2 cm³/mol. The highest BCUT2D eigenvalue weighted by atomic mass is 32.2. The standard InChI is InChI=1S/C14H25NO4S/c1-5-6-7-9-20-10-8-11(12(16)17)15-13(18)19-14(2,3)4/h5,11H,1,6-10H2,2-4H3,(H,15,18)(H,16,17). The molecule has 1 amide bonds. The van der Waals surface area contributed by atoms with Gasteiger partial charge in [0.1, 0.15) is 11.6 Å². The maximum absolute atomic E-state index is 11.5. The van der Waals surface area contributed by atoms with Crippen LogP contribution in [-0.2, 0) is 9.53 Å². The summed E-state index contributed by atoms with van der Waals surface area (Å²) in [6, 6.07) is -0.906. The summed E-state index contributed by atoms with van der Waals surface area (Å²) >= 11 is 1.68. The molecule has 0 aliphatic carbocycles. The lowest BCUT2D eigenvalue weighted by Crippen LogP contribution is -2.43. The van der Waals surface area contributed by atoms with Gasteiger partial charge in [0.05, 0.1) is 0 Å². The summed E-state index contributed by atoms with van der Waals surface area (Å²) in [5.41, 5.74) is -0.632. The Hall–Kier alpha value is -1.17. The maximum atomic E-state index is 11.5. The fraction of sp³-hybridized carbons (Fsp3) is 0.714. The molecule has 0 fully saturated rings. The van der Waals surface area contributed by atoms with Crippen molar-refractivity contribution < 1.29 is 19.4 Å². The third kappa shape index (κ3) is 10.7. The van der Waals surface area contributed by atoms with Gasteiger partial charge < -0.3 is 15.2 Å². The number of carbonyl (C=O) groups is 2. The zero-order valence-electron chi connectivity index (χ0n) is 12.5. The Balaban J connectivity index is 4.02. The summed E-state index contributed by atoms with van der Waals surface area (Å²) in [6.45, 7) is 8.85. The lowest BCUT2D eigenvalue weighted by Gasteiger charge is -2.21. The fourth-order valence-electron chi connectivity index (χ4n) is 1.34. The van der Waals surface area contributed by atoms with Gasteiger partial charge in [-0.05, 0) is 51.5 Å². The molecular formula is C14H25NO4S. The van der Waals surface area contributed by atoms with Crippen molar-refractivity contribution in [2.24, 2.45) is 0 Å². The summed E-state index contributed by atoms with van der Waals surface area (Å²) in [7, 11) is 0. The number of alkyl carbamates (subject to hydrolysis) is 1. The van der Waals surface area contributed by atoms with Crippen LogP contribution in [-0.4, -0.2) is 40.3 Å². The van der Waals surface area contributed by atoms with E-state index in [4.69, 9.17) is 9.84 Å². The first-order valence-corrected chi connectivity index (χ1v) is 7.82. The summed E-state index contributed by atoms with van der Waals surface area (Å²) < 4.78 is 5.05. The highest BCUT2D eigenvalue weighted by molar-refractivity contribution is 7.99. The van der Waals surface area contributed by atoms with E-state index in [1.165, 1.54) is 0 Å². The number of rotatable bonds is 9. The smallest absolute Gasteiger partial charge is 0.408 e. The number of unbranched alkanes of at least 4 members (excludes halogenated alkanes) is 1. The van der Waals surface area contributed by atoms with Crippen molar-refractivity contribution in [3.63, 3.8) is 0 Å². The Labute approximate surface area is 125 Å². The Morgan fingerprint density at radius 3 is 2.55 bits per heavy atom. The molecule has 0 rings (SSSR count). The molecule has 20 heavy (non-hydrogen) atoms. The van der Waals surface area contributed by atoms with Crippen molar-refractivity contribution in [2.45, 2.75) is 51.7 Å². The maximum Gasteiger partial charge on any atom is 0.408 e. The van der Waals surface area contributed by atoms with E-state index in [0.717, 1.165) is 18.6 Å². The summed E-state index contributed by atoms with van der Waals surface area (Å²) in [5, 5.41) is 11.5. The monoisotopic (exact) mass is 303 g/mol. The van der Waals surface area contributed by atoms with Crippen molar-refractivity contribution >= 4 is 23.8 Å². The molecule has 0 saturated carbocycles. The van der Waals surface area contributed by atoms with Gasteiger partial charge in [0.15, 0.2) is 0 Å². The van der Waals surface area contributed by atoms with E-state index in [1.807, 2.05) is 6.08 Å². The second-order valence-corrected chi connectivity index (χ2v) is 6.59. The van der Waals surface area contributed by atoms with Crippen molar-refractivity contribution in [3.8, 4) is 0 Å². The number of aliphatic carboxylic acids is 1. The van der Waals surface area contributed by atoms with E-state index in [1.54, 1.807) is 32.5 Å². The Bertz CT molecular complexity index is 326. The van der Waals surface area contributed by atoms with Crippen LogP contribution < -0.4 is 5.32 Å². The second-order valence-electron chi connectivity index (χ2n) is 5.37. The molecule has 2 N–H and O–H groups in total. The highest BCUT2D eigenvalue weighted by Gasteiger charge is 2.23. The van der Waals surface area contributed by atoms with E-state index in [0.29, 0.717) is 12.2 Å². The van der Waals surface area contributed by atoms with E-state index in [-0.39, 0.29) is 0 Å². The van der Waals surface area contributed by atoms with Gasteiger partial charge in [-0.3, -0.25) is 0 Å². The van der Waals surface area contributed by atoms with Crippen LogP contribution >= 0.6 is 11.8 Å². The first-order chi connectivity index (χ1) is 9.26. The van der Waals surface area contributed by atoms with Gasteiger partial charge in [-0.2, -0.15) is 11.8 Å².